The lowest BCUT2D eigenvalue weighted by Gasteiger charge is -2.37. The fraction of sp³-hybridized carbons (Fsp3) is 0.444. The highest BCUT2D eigenvalue weighted by molar-refractivity contribution is 5.97. The standard InChI is InChI=1S/C18H19NO2/c20-14-6-7-18(11-14)8-9-19(16-10-15(16)18)12-17(21)13-4-2-1-3-5-13/h1-7,15-16H,8-12H2. The Labute approximate surface area is 124 Å². The van der Waals surface area contributed by atoms with Crippen LogP contribution in [0.1, 0.15) is 29.6 Å². The molecular formula is C18H19NO2. The van der Waals surface area contributed by atoms with Gasteiger partial charge in [-0.15, -0.1) is 0 Å². The Bertz CT molecular complexity index is 621. The first-order valence-electron chi connectivity index (χ1n) is 7.72. The molecule has 1 aliphatic heterocycles. The van der Waals surface area contributed by atoms with Crippen molar-refractivity contribution in [2.24, 2.45) is 11.3 Å². The van der Waals surface area contributed by atoms with Crippen molar-refractivity contribution < 1.29 is 9.59 Å². The van der Waals surface area contributed by atoms with Gasteiger partial charge in [-0.05, 0) is 31.4 Å². The summed E-state index contributed by atoms with van der Waals surface area (Å²) in [4.78, 5) is 26.2. The third-order valence-electron chi connectivity index (χ3n) is 5.38. The van der Waals surface area contributed by atoms with Crippen LogP contribution in [0.5, 0.6) is 0 Å². The Morgan fingerprint density at radius 3 is 2.81 bits per heavy atom. The number of likely N-dealkylation sites (tertiary alicyclic amines) is 1. The molecule has 3 aliphatic rings. The van der Waals surface area contributed by atoms with Gasteiger partial charge in [-0.1, -0.05) is 36.4 Å². The molecule has 3 unspecified atom stereocenters. The highest BCUT2D eigenvalue weighted by atomic mass is 16.1. The fourth-order valence-electron chi connectivity index (χ4n) is 4.13. The quantitative estimate of drug-likeness (QED) is 0.799. The molecular weight excluding hydrogens is 262 g/mol. The van der Waals surface area contributed by atoms with Gasteiger partial charge in [0, 0.05) is 23.4 Å². The number of hydrogen-bond donors (Lipinski definition) is 0. The molecule has 2 fully saturated rings. The molecule has 1 saturated heterocycles. The smallest absolute Gasteiger partial charge is 0.176 e. The topological polar surface area (TPSA) is 37.4 Å². The summed E-state index contributed by atoms with van der Waals surface area (Å²) in [6.45, 7) is 1.44. The molecule has 0 amide bonds. The monoisotopic (exact) mass is 281 g/mol. The molecule has 1 heterocycles. The maximum absolute atomic E-state index is 12.3. The molecule has 0 aromatic heterocycles. The Balaban J connectivity index is 1.43. The van der Waals surface area contributed by atoms with Crippen molar-refractivity contribution in [3.63, 3.8) is 0 Å². The lowest BCUT2D eigenvalue weighted by Crippen LogP contribution is -2.42. The number of piperidine rings is 1. The largest absolute Gasteiger partial charge is 0.295 e. The Kier molecular flexibility index (Phi) is 2.86. The molecule has 1 saturated carbocycles. The van der Waals surface area contributed by atoms with Crippen molar-refractivity contribution in [3.8, 4) is 0 Å². The summed E-state index contributed by atoms with van der Waals surface area (Å²) in [6, 6.07) is 10.0. The molecule has 2 aliphatic carbocycles. The van der Waals surface area contributed by atoms with Gasteiger partial charge in [0.2, 0.25) is 0 Å². The van der Waals surface area contributed by atoms with E-state index in [1.54, 1.807) is 6.08 Å². The number of fused-ring (bicyclic) bond motifs is 2. The summed E-state index contributed by atoms with van der Waals surface area (Å²) in [5.41, 5.74) is 0.916. The zero-order valence-corrected chi connectivity index (χ0v) is 12.0. The van der Waals surface area contributed by atoms with Crippen LogP contribution in [-0.2, 0) is 4.79 Å². The average Bonchev–Trinajstić information content (AvgIpc) is 3.24. The zero-order chi connectivity index (χ0) is 14.4. The Morgan fingerprint density at radius 2 is 2.10 bits per heavy atom. The first-order valence-corrected chi connectivity index (χ1v) is 7.72. The molecule has 1 aromatic rings. The Hall–Kier alpha value is -1.74. The second kappa shape index (κ2) is 4.63. The molecule has 3 atom stereocenters. The second-order valence-corrected chi connectivity index (χ2v) is 6.63. The van der Waals surface area contributed by atoms with E-state index in [4.69, 9.17) is 0 Å². The molecule has 4 rings (SSSR count). The summed E-state index contributed by atoms with van der Waals surface area (Å²) < 4.78 is 0. The third-order valence-corrected chi connectivity index (χ3v) is 5.38. The van der Waals surface area contributed by atoms with Crippen LogP contribution in [0, 0.1) is 11.3 Å². The van der Waals surface area contributed by atoms with Gasteiger partial charge >= 0.3 is 0 Å². The summed E-state index contributed by atoms with van der Waals surface area (Å²) in [5, 5.41) is 0. The van der Waals surface area contributed by atoms with E-state index >= 15 is 0 Å². The van der Waals surface area contributed by atoms with E-state index < -0.39 is 0 Å². The van der Waals surface area contributed by atoms with Crippen molar-refractivity contribution in [1.82, 2.24) is 4.90 Å². The fourth-order valence-corrected chi connectivity index (χ4v) is 4.13. The van der Waals surface area contributed by atoms with E-state index in [9.17, 15) is 9.59 Å². The summed E-state index contributed by atoms with van der Waals surface area (Å²) in [7, 11) is 0. The van der Waals surface area contributed by atoms with Crippen molar-refractivity contribution in [2.75, 3.05) is 13.1 Å². The maximum Gasteiger partial charge on any atom is 0.176 e. The summed E-state index contributed by atoms with van der Waals surface area (Å²) in [6.07, 6.45) is 6.75. The molecule has 3 heteroatoms. The van der Waals surface area contributed by atoms with E-state index in [0.717, 1.165) is 24.9 Å². The lowest BCUT2D eigenvalue weighted by atomic mass is 9.76. The van der Waals surface area contributed by atoms with E-state index in [1.807, 2.05) is 30.3 Å². The second-order valence-electron chi connectivity index (χ2n) is 6.63. The molecule has 0 radical (unpaired) electrons. The first kappa shape index (κ1) is 13.0. The van der Waals surface area contributed by atoms with Gasteiger partial charge in [-0.3, -0.25) is 14.5 Å². The number of allylic oxidation sites excluding steroid dienone is 2. The van der Waals surface area contributed by atoms with Gasteiger partial charge in [0.15, 0.2) is 11.6 Å². The van der Waals surface area contributed by atoms with E-state index in [2.05, 4.69) is 11.0 Å². The van der Waals surface area contributed by atoms with Gasteiger partial charge in [0.25, 0.3) is 0 Å². The minimum absolute atomic E-state index is 0.119. The summed E-state index contributed by atoms with van der Waals surface area (Å²) in [5.74, 6) is 1.06. The SMILES string of the molecule is O=C1C=CC2(CCN(CC(=O)c3ccccc3)C3CC32)C1. The van der Waals surface area contributed by atoms with Gasteiger partial charge in [-0.25, -0.2) is 0 Å². The van der Waals surface area contributed by atoms with E-state index in [0.29, 0.717) is 24.9 Å². The van der Waals surface area contributed by atoms with Crippen molar-refractivity contribution >= 4 is 11.6 Å². The summed E-state index contributed by atoms with van der Waals surface area (Å²) >= 11 is 0. The van der Waals surface area contributed by atoms with Crippen LogP contribution in [0.4, 0.5) is 0 Å². The normalized spacial score (nSPS) is 34.2. The number of hydrogen-bond acceptors (Lipinski definition) is 3. The number of carbonyl (C=O) groups excluding carboxylic acids is 2. The number of nitrogens with zero attached hydrogens (tertiary/aromatic N) is 1. The molecule has 21 heavy (non-hydrogen) atoms. The average molecular weight is 281 g/mol. The van der Waals surface area contributed by atoms with Crippen LogP contribution in [-0.4, -0.2) is 35.6 Å². The van der Waals surface area contributed by atoms with E-state index in [1.165, 1.54) is 0 Å². The van der Waals surface area contributed by atoms with Crippen molar-refractivity contribution in [2.45, 2.75) is 25.3 Å². The lowest BCUT2D eigenvalue weighted by molar-refractivity contribution is -0.115. The maximum atomic E-state index is 12.3. The van der Waals surface area contributed by atoms with Crippen LogP contribution >= 0.6 is 0 Å². The van der Waals surface area contributed by atoms with Gasteiger partial charge in [-0.2, -0.15) is 0 Å². The number of ketones is 2. The van der Waals surface area contributed by atoms with Crippen LogP contribution in [0.2, 0.25) is 0 Å². The van der Waals surface area contributed by atoms with Crippen molar-refractivity contribution in [1.29, 1.82) is 0 Å². The molecule has 108 valence electrons. The number of rotatable bonds is 3. The van der Waals surface area contributed by atoms with E-state index in [-0.39, 0.29) is 17.0 Å². The number of benzene rings is 1. The number of carbonyl (C=O) groups is 2. The predicted molar refractivity (Wildman–Crippen MR) is 80.1 cm³/mol. The van der Waals surface area contributed by atoms with Crippen LogP contribution in [0.25, 0.3) is 0 Å². The van der Waals surface area contributed by atoms with Crippen LogP contribution in [0.3, 0.4) is 0 Å². The molecule has 3 nitrogen and oxygen atoms in total. The highest BCUT2D eigenvalue weighted by Crippen LogP contribution is 2.58. The van der Waals surface area contributed by atoms with Gasteiger partial charge in [0.05, 0.1) is 6.54 Å². The molecule has 1 aromatic carbocycles. The molecule has 1 spiro atoms. The van der Waals surface area contributed by atoms with Gasteiger partial charge in [0.1, 0.15) is 0 Å². The highest BCUT2D eigenvalue weighted by Gasteiger charge is 2.58. The molecule has 0 bridgehead atoms. The molecule has 0 N–H and O–H groups in total. The predicted octanol–water partition coefficient (Wildman–Crippen LogP) is 2.48. The number of Topliss-reactive ketones (excluding diaryl/α,β-unsaturated/α-hetero) is 1. The Morgan fingerprint density at radius 1 is 1.29 bits per heavy atom. The minimum Gasteiger partial charge on any atom is -0.295 e. The zero-order valence-electron chi connectivity index (χ0n) is 12.0. The first-order chi connectivity index (χ1) is 10.2. The minimum atomic E-state index is 0.119. The third kappa shape index (κ3) is 2.16. The van der Waals surface area contributed by atoms with Crippen LogP contribution < -0.4 is 0 Å². The van der Waals surface area contributed by atoms with Gasteiger partial charge < -0.3 is 0 Å². The van der Waals surface area contributed by atoms with Crippen molar-refractivity contribution in [3.05, 3.63) is 48.0 Å². The van der Waals surface area contributed by atoms with Crippen LogP contribution in [0.15, 0.2) is 42.5 Å².